The van der Waals surface area contributed by atoms with E-state index in [1.165, 1.54) is 17.1 Å². The lowest BCUT2D eigenvalue weighted by molar-refractivity contribution is 0.224. The fourth-order valence-electron chi connectivity index (χ4n) is 1.94. The van der Waals surface area contributed by atoms with Gasteiger partial charge in [-0.15, -0.1) is 0 Å². The van der Waals surface area contributed by atoms with Gasteiger partial charge in [-0.1, -0.05) is 12.2 Å². The van der Waals surface area contributed by atoms with Crippen LogP contribution >= 0.6 is 24.0 Å². The van der Waals surface area contributed by atoms with Crippen molar-refractivity contribution in [2.45, 2.75) is 19.5 Å². The zero-order valence-electron chi connectivity index (χ0n) is 9.93. The van der Waals surface area contributed by atoms with Gasteiger partial charge in [0.25, 0.3) is 0 Å². The lowest BCUT2D eigenvalue weighted by atomic mass is 10.2. The molecule has 1 unspecified atom stereocenters. The third-order valence-corrected chi connectivity index (χ3v) is 4.37. The van der Waals surface area contributed by atoms with Crippen LogP contribution in [0.3, 0.4) is 0 Å². The molecule has 0 aromatic carbocycles. The molecule has 0 spiro atoms. The third kappa shape index (κ3) is 3.40. The van der Waals surface area contributed by atoms with Gasteiger partial charge in [0.1, 0.15) is 4.99 Å². The average Bonchev–Trinajstić information content (AvgIpc) is 2.32. The number of nitrogens with two attached hydrogens (primary N) is 1. The molecule has 1 aromatic heterocycles. The van der Waals surface area contributed by atoms with Crippen molar-refractivity contribution in [3.8, 4) is 0 Å². The number of pyridine rings is 1. The molecule has 5 heteroatoms. The summed E-state index contributed by atoms with van der Waals surface area (Å²) in [7, 11) is 0. The van der Waals surface area contributed by atoms with E-state index in [9.17, 15) is 0 Å². The maximum Gasteiger partial charge on any atom is 0.122 e. The molecule has 0 bridgehead atoms. The maximum absolute atomic E-state index is 5.60. The fourth-order valence-corrected chi connectivity index (χ4v) is 3.13. The van der Waals surface area contributed by atoms with E-state index >= 15 is 0 Å². The first-order valence-corrected chi connectivity index (χ1v) is 7.29. The summed E-state index contributed by atoms with van der Waals surface area (Å²) < 4.78 is 0. The molecule has 2 rings (SSSR count). The molecule has 1 atom stereocenters. The van der Waals surface area contributed by atoms with Crippen LogP contribution in [0.5, 0.6) is 0 Å². The van der Waals surface area contributed by atoms with Crippen LogP contribution in [-0.2, 0) is 6.54 Å². The summed E-state index contributed by atoms with van der Waals surface area (Å²) in [5.74, 6) is 2.44. The van der Waals surface area contributed by atoms with Crippen molar-refractivity contribution >= 4 is 29.0 Å². The summed E-state index contributed by atoms with van der Waals surface area (Å²) in [5, 5.41) is 0. The molecular weight excluding hydrogens is 250 g/mol. The van der Waals surface area contributed by atoms with E-state index in [2.05, 4.69) is 16.8 Å². The van der Waals surface area contributed by atoms with Crippen molar-refractivity contribution in [3.63, 3.8) is 0 Å². The second-order valence-electron chi connectivity index (χ2n) is 4.31. The molecule has 1 saturated heterocycles. The Balaban J connectivity index is 2.07. The van der Waals surface area contributed by atoms with E-state index in [1.807, 2.05) is 23.9 Å². The van der Waals surface area contributed by atoms with Gasteiger partial charge in [-0.3, -0.25) is 9.88 Å². The maximum atomic E-state index is 5.60. The van der Waals surface area contributed by atoms with Crippen LogP contribution in [-0.4, -0.2) is 39.0 Å². The van der Waals surface area contributed by atoms with Gasteiger partial charge < -0.3 is 5.73 Å². The smallest absolute Gasteiger partial charge is 0.122 e. The van der Waals surface area contributed by atoms with E-state index in [0.29, 0.717) is 11.0 Å². The standard InChI is InChI=1S/C12H17N3S2/c1-9-8-17-5-4-15(9)7-10-2-3-14-11(6-10)12(13)16/h2-3,6,9H,4-5,7-8H2,1H3,(H2,13,16). The van der Waals surface area contributed by atoms with Gasteiger partial charge in [0.05, 0.1) is 5.69 Å². The average molecular weight is 267 g/mol. The highest BCUT2D eigenvalue weighted by atomic mass is 32.2. The Kier molecular flexibility index (Phi) is 4.36. The molecule has 0 saturated carbocycles. The Morgan fingerprint density at radius 2 is 2.53 bits per heavy atom. The number of rotatable bonds is 3. The van der Waals surface area contributed by atoms with Crippen LogP contribution in [0.25, 0.3) is 0 Å². The van der Waals surface area contributed by atoms with Gasteiger partial charge in [-0.2, -0.15) is 11.8 Å². The quantitative estimate of drug-likeness (QED) is 0.844. The van der Waals surface area contributed by atoms with Crippen LogP contribution in [0, 0.1) is 0 Å². The van der Waals surface area contributed by atoms with Gasteiger partial charge in [-0.05, 0) is 24.6 Å². The highest BCUT2D eigenvalue weighted by Crippen LogP contribution is 2.18. The molecule has 0 radical (unpaired) electrons. The number of aromatic nitrogens is 1. The van der Waals surface area contributed by atoms with Crippen molar-refractivity contribution < 1.29 is 0 Å². The van der Waals surface area contributed by atoms with Gasteiger partial charge in [0.2, 0.25) is 0 Å². The van der Waals surface area contributed by atoms with Crippen molar-refractivity contribution in [1.82, 2.24) is 9.88 Å². The summed E-state index contributed by atoms with van der Waals surface area (Å²) in [6, 6.07) is 4.67. The molecule has 1 fully saturated rings. The van der Waals surface area contributed by atoms with Crippen LogP contribution in [0.4, 0.5) is 0 Å². The van der Waals surface area contributed by atoms with Crippen LogP contribution < -0.4 is 5.73 Å². The number of thiocarbonyl (C=S) groups is 1. The van der Waals surface area contributed by atoms with Crippen molar-refractivity contribution in [2.24, 2.45) is 5.73 Å². The largest absolute Gasteiger partial charge is 0.388 e. The summed E-state index contributed by atoms with van der Waals surface area (Å²) >= 11 is 6.98. The van der Waals surface area contributed by atoms with Crippen molar-refractivity contribution in [1.29, 1.82) is 0 Å². The molecule has 17 heavy (non-hydrogen) atoms. The monoisotopic (exact) mass is 267 g/mol. The Morgan fingerprint density at radius 1 is 1.71 bits per heavy atom. The number of hydrogen-bond acceptors (Lipinski definition) is 4. The minimum absolute atomic E-state index is 0.370. The van der Waals surface area contributed by atoms with E-state index in [0.717, 1.165) is 18.8 Å². The predicted octanol–water partition coefficient (Wildman–Crippen LogP) is 1.65. The molecule has 2 N–H and O–H groups in total. The molecule has 0 amide bonds. The molecular formula is C12H17N3S2. The van der Waals surface area contributed by atoms with Gasteiger partial charge in [0.15, 0.2) is 0 Å². The van der Waals surface area contributed by atoms with Gasteiger partial charge in [-0.25, -0.2) is 0 Å². The SMILES string of the molecule is CC1CSCCN1Cc1ccnc(C(N)=S)c1. The highest BCUT2D eigenvalue weighted by Gasteiger charge is 2.18. The normalized spacial score (nSPS) is 21.4. The van der Waals surface area contributed by atoms with Crippen molar-refractivity contribution in [3.05, 3.63) is 29.6 Å². The zero-order chi connectivity index (χ0) is 12.3. The summed E-state index contributed by atoms with van der Waals surface area (Å²) in [6.07, 6.45) is 1.78. The Morgan fingerprint density at radius 3 is 3.24 bits per heavy atom. The van der Waals surface area contributed by atoms with E-state index in [1.54, 1.807) is 6.20 Å². The van der Waals surface area contributed by atoms with E-state index in [4.69, 9.17) is 18.0 Å². The highest BCUT2D eigenvalue weighted by molar-refractivity contribution is 7.99. The Labute approximate surface area is 112 Å². The number of nitrogens with zero attached hydrogens (tertiary/aromatic N) is 2. The van der Waals surface area contributed by atoms with Crippen LogP contribution in [0.15, 0.2) is 18.3 Å². The first-order valence-electron chi connectivity index (χ1n) is 5.73. The second-order valence-corrected chi connectivity index (χ2v) is 5.90. The lowest BCUT2D eigenvalue weighted by Crippen LogP contribution is -2.39. The second kappa shape index (κ2) is 5.80. The fraction of sp³-hybridized carbons (Fsp3) is 0.500. The molecule has 2 heterocycles. The minimum atomic E-state index is 0.370. The molecule has 1 aliphatic rings. The van der Waals surface area contributed by atoms with E-state index in [-0.39, 0.29) is 0 Å². The molecule has 92 valence electrons. The minimum Gasteiger partial charge on any atom is -0.388 e. The molecule has 3 nitrogen and oxygen atoms in total. The van der Waals surface area contributed by atoms with Crippen LogP contribution in [0.1, 0.15) is 18.2 Å². The first kappa shape index (κ1) is 12.8. The van der Waals surface area contributed by atoms with Crippen LogP contribution in [0.2, 0.25) is 0 Å². The van der Waals surface area contributed by atoms with Crippen molar-refractivity contribution in [2.75, 3.05) is 18.1 Å². The topological polar surface area (TPSA) is 42.2 Å². The molecule has 1 aliphatic heterocycles. The summed E-state index contributed by atoms with van der Waals surface area (Å²) in [4.78, 5) is 7.03. The lowest BCUT2D eigenvalue weighted by Gasteiger charge is -2.32. The van der Waals surface area contributed by atoms with Gasteiger partial charge in [0, 0.05) is 36.8 Å². The number of thioether (sulfide) groups is 1. The Bertz CT molecular complexity index is 408. The predicted molar refractivity (Wildman–Crippen MR) is 77.3 cm³/mol. The Hall–Kier alpha value is -0.650. The molecule has 0 aliphatic carbocycles. The zero-order valence-corrected chi connectivity index (χ0v) is 11.6. The third-order valence-electron chi connectivity index (χ3n) is 2.97. The summed E-state index contributed by atoms with van der Waals surface area (Å²) in [5.41, 5.74) is 7.55. The first-order chi connectivity index (χ1) is 8.16. The van der Waals surface area contributed by atoms with Gasteiger partial charge >= 0.3 is 0 Å². The molecule has 1 aromatic rings. The van der Waals surface area contributed by atoms with E-state index < -0.39 is 0 Å². The summed E-state index contributed by atoms with van der Waals surface area (Å²) in [6.45, 7) is 4.39. The number of hydrogen-bond donors (Lipinski definition) is 1.